The van der Waals surface area contributed by atoms with Crippen molar-refractivity contribution < 1.29 is 4.79 Å². The molecule has 1 rings (SSSR count). The summed E-state index contributed by atoms with van der Waals surface area (Å²) in [4.78, 5) is 10.2. The molecular formula is C14H28N2O. The van der Waals surface area contributed by atoms with Crippen LogP contribution in [0.4, 0.5) is 0 Å². The molecule has 1 amide bonds. The van der Waals surface area contributed by atoms with Crippen LogP contribution >= 0.6 is 0 Å². The van der Waals surface area contributed by atoms with E-state index in [4.69, 9.17) is 5.84 Å². The first-order chi connectivity index (χ1) is 8.01. The Bertz CT molecular complexity index is 230. The molecule has 17 heavy (non-hydrogen) atoms. The van der Waals surface area contributed by atoms with Gasteiger partial charge in [0.05, 0.1) is 0 Å². The van der Waals surface area contributed by atoms with Crippen molar-refractivity contribution in [1.29, 1.82) is 0 Å². The van der Waals surface area contributed by atoms with Crippen molar-refractivity contribution in [1.82, 2.24) is 5.43 Å². The van der Waals surface area contributed by atoms with Crippen molar-refractivity contribution >= 4 is 5.91 Å². The highest BCUT2D eigenvalue weighted by atomic mass is 16.2. The molecule has 0 aromatic rings. The van der Waals surface area contributed by atoms with Crippen molar-refractivity contribution in [2.24, 2.45) is 17.7 Å². The Morgan fingerprint density at radius 3 is 2.18 bits per heavy atom. The monoisotopic (exact) mass is 240 g/mol. The number of nitrogens with two attached hydrogens (primary N) is 1. The van der Waals surface area contributed by atoms with Gasteiger partial charge >= 0.3 is 0 Å². The molecule has 1 saturated carbocycles. The summed E-state index contributed by atoms with van der Waals surface area (Å²) in [5, 5.41) is 0. The number of nitrogens with one attached hydrogen (secondary N) is 1. The minimum absolute atomic E-state index is 0.0949. The van der Waals surface area contributed by atoms with Crippen LogP contribution in [0.5, 0.6) is 0 Å². The summed E-state index contributed by atoms with van der Waals surface area (Å²) in [6.07, 6.45) is 6.97. The molecule has 0 radical (unpaired) electrons. The molecule has 0 aromatic heterocycles. The standard InChI is InChI=1S/C10H18.C4H10N2O/c1-8(2)10-6-4-9(3)5-7-10;1-2-3-4(7)6-5/h9-10H,1,4-7H2,2-3H3;2-3,5H2,1H3,(H,6,7). The van der Waals surface area contributed by atoms with Gasteiger partial charge in [-0.05, 0) is 38.0 Å². The molecule has 1 aliphatic carbocycles. The molecule has 0 aliphatic heterocycles. The quantitative estimate of drug-likeness (QED) is 0.344. The number of amides is 1. The molecule has 0 saturated heterocycles. The smallest absolute Gasteiger partial charge is 0.233 e. The van der Waals surface area contributed by atoms with Crippen molar-refractivity contribution in [3.8, 4) is 0 Å². The maximum Gasteiger partial charge on any atom is 0.233 e. The Kier molecular flexibility index (Phi) is 8.78. The summed E-state index contributed by atoms with van der Waals surface area (Å²) < 4.78 is 0. The van der Waals surface area contributed by atoms with Crippen molar-refractivity contribution in [2.75, 3.05) is 0 Å². The van der Waals surface area contributed by atoms with E-state index in [1.807, 2.05) is 12.3 Å². The van der Waals surface area contributed by atoms with Gasteiger partial charge < -0.3 is 0 Å². The second-order valence-corrected chi connectivity index (χ2v) is 5.12. The fraction of sp³-hybridized carbons (Fsp3) is 0.786. The number of carbonyl (C=O) groups excluding carboxylic acids is 1. The van der Waals surface area contributed by atoms with E-state index in [1.54, 1.807) is 0 Å². The van der Waals surface area contributed by atoms with Crippen LogP contribution in [-0.2, 0) is 4.79 Å². The van der Waals surface area contributed by atoms with Gasteiger partial charge in [0.2, 0.25) is 5.91 Å². The average molecular weight is 240 g/mol. The van der Waals surface area contributed by atoms with Gasteiger partial charge in [-0.25, -0.2) is 5.84 Å². The molecule has 0 atom stereocenters. The van der Waals surface area contributed by atoms with E-state index in [2.05, 4.69) is 20.4 Å². The molecule has 1 aliphatic rings. The largest absolute Gasteiger partial charge is 0.294 e. The van der Waals surface area contributed by atoms with Crippen LogP contribution in [0.2, 0.25) is 0 Å². The van der Waals surface area contributed by atoms with E-state index in [0.29, 0.717) is 6.42 Å². The fourth-order valence-electron chi connectivity index (χ4n) is 2.05. The molecule has 1 fully saturated rings. The summed E-state index contributed by atoms with van der Waals surface area (Å²) in [7, 11) is 0. The summed E-state index contributed by atoms with van der Waals surface area (Å²) >= 11 is 0. The summed E-state index contributed by atoms with van der Waals surface area (Å²) in [6, 6.07) is 0. The van der Waals surface area contributed by atoms with Crippen LogP contribution in [0.25, 0.3) is 0 Å². The van der Waals surface area contributed by atoms with E-state index in [9.17, 15) is 4.79 Å². The van der Waals surface area contributed by atoms with Gasteiger partial charge in [-0.2, -0.15) is 0 Å². The van der Waals surface area contributed by atoms with E-state index >= 15 is 0 Å². The first-order valence-corrected chi connectivity index (χ1v) is 6.66. The van der Waals surface area contributed by atoms with E-state index in [1.165, 1.54) is 31.3 Å². The molecule has 0 bridgehead atoms. The molecule has 3 heteroatoms. The van der Waals surface area contributed by atoms with Gasteiger partial charge in [-0.3, -0.25) is 10.2 Å². The van der Waals surface area contributed by atoms with E-state index < -0.39 is 0 Å². The molecule has 3 nitrogen and oxygen atoms in total. The highest BCUT2D eigenvalue weighted by Crippen LogP contribution is 2.31. The van der Waals surface area contributed by atoms with Crippen LogP contribution in [-0.4, -0.2) is 5.91 Å². The third kappa shape index (κ3) is 7.97. The predicted molar refractivity (Wildman–Crippen MR) is 73.2 cm³/mol. The SMILES string of the molecule is C=C(C)C1CCC(C)CC1.CCCC(=O)NN. The Balaban J connectivity index is 0.000000325. The maximum absolute atomic E-state index is 10.2. The summed E-state index contributed by atoms with van der Waals surface area (Å²) in [5.41, 5.74) is 3.42. The third-order valence-electron chi connectivity index (χ3n) is 3.35. The van der Waals surface area contributed by atoms with Gasteiger partial charge in [-0.1, -0.05) is 38.8 Å². The lowest BCUT2D eigenvalue weighted by molar-refractivity contribution is -0.121. The lowest BCUT2D eigenvalue weighted by Gasteiger charge is -2.26. The lowest BCUT2D eigenvalue weighted by Crippen LogP contribution is -2.29. The number of hydrogen-bond acceptors (Lipinski definition) is 2. The first kappa shape index (κ1) is 16.2. The molecule has 0 unspecified atom stereocenters. The fourth-order valence-corrected chi connectivity index (χ4v) is 2.05. The van der Waals surface area contributed by atoms with Crippen molar-refractivity contribution in [3.63, 3.8) is 0 Å². The molecule has 0 heterocycles. The summed E-state index contributed by atoms with van der Waals surface area (Å²) in [6.45, 7) is 10.5. The minimum atomic E-state index is -0.0949. The number of hydrazine groups is 1. The second-order valence-electron chi connectivity index (χ2n) is 5.12. The number of rotatable bonds is 3. The highest BCUT2D eigenvalue weighted by molar-refractivity contribution is 5.74. The zero-order chi connectivity index (χ0) is 13.3. The van der Waals surface area contributed by atoms with Crippen molar-refractivity contribution in [2.45, 2.75) is 59.3 Å². The van der Waals surface area contributed by atoms with Crippen LogP contribution in [0.15, 0.2) is 12.2 Å². The predicted octanol–water partition coefficient (Wildman–Crippen LogP) is 3.17. The van der Waals surface area contributed by atoms with Gasteiger partial charge in [0, 0.05) is 6.42 Å². The third-order valence-corrected chi connectivity index (χ3v) is 3.35. The Morgan fingerprint density at radius 2 is 1.88 bits per heavy atom. The Hall–Kier alpha value is -0.830. The van der Waals surface area contributed by atoms with E-state index in [0.717, 1.165) is 18.3 Å². The van der Waals surface area contributed by atoms with Gasteiger partial charge in [0.1, 0.15) is 0 Å². The van der Waals surface area contributed by atoms with Gasteiger partial charge in [0.15, 0.2) is 0 Å². The van der Waals surface area contributed by atoms with Crippen LogP contribution in [0.1, 0.15) is 59.3 Å². The zero-order valence-corrected chi connectivity index (χ0v) is 11.6. The molecule has 3 N–H and O–H groups in total. The lowest BCUT2D eigenvalue weighted by atomic mass is 9.80. The summed E-state index contributed by atoms with van der Waals surface area (Å²) in [5.74, 6) is 6.48. The Labute approximate surface area is 106 Å². The normalized spacial score (nSPS) is 23.3. The van der Waals surface area contributed by atoms with E-state index in [-0.39, 0.29) is 5.91 Å². The zero-order valence-electron chi connectivity index (χ0n) is 11.6. The van der Waals surface area contributed by atoms with Crippen LogP contribution in [0, 0.1) is 11.8 Å². The molecular weight excluding hydrogens is 212 g/mol. The van der Waals surface area contributed by atoms with Crippen LogP contribution < -0.4 is 11.3 Å². The highest BCUT2D eigenvalue weighted by Gasteiger charge is 2.17. The molecule has 100 valence electrons. The minimum Gasteiger partial charge on any atom is -0.294 e. The maximum atomic E-state index is 10.2. The van der Waals surface area contributed by atoms with Gasteiger partial charge in [-0.15, -0.1) is 0 Å². The van der Waals surface area contributed by atoms with Crippen molar-refractivity contribution in [3.05, 3.63) is 12.2 Å². The number of hydrogen-bond donors (Lipinski definition) is 2. The van der Waals surface area contributed by atoms with Crippen LogP contribution in [0.3, 0.4) is 0 Å². The molecule has 0 aromatic carbocycles. The number of carbonyl (C=O) groups is 1. The molecule has 0 spiro atoms. The first-order valence-electron chi connectivity index (χ1n) is 6.66. The topological polar surface area (TPSA) is 55.1 Å². The van der Waals surface area contributed by atoms with Gasteiger partial charge in [0.25, 0.3) is 0 Å². The second kappa shape index (κ2) is 9.23. The number of allylic oxidation sites excluding steroid dienone is 1. The average Bonchev–Trinajstić information content (AvgIpc) is 2.30. The Morgan fingerprint density at radius 1 is 1.35 bits per heavy atom.